The van der Waals surface area contributed by atoms with Gasteiger partial charge in [0, 0.05) is 44.1 Å². The van der Waals surface area contributed by atoms with Crippen LogP contribution in [0.15, 0.2) is 21.7 Å². The first kappa shape index (κ1) is 17.7. The molecule has 1 atom stereocenters. The van der Waals surface area contributed by atoms with E-state index in [1.54, 1.807) is 17.7 Å². The maximum Gasteiger partial charge on any atom is 0.330 e. The lowest BCUT2D eigenvalue weighted by Crippen LogP contribution is -2.44. The number of rotatable bonds is 4. The Hall–Kier alpha value is -2.15. The smallest absolute Gasteiger partial charge is 0.299 e. The van der Waals surface area contributed by atoms with Crippen molar-refractivity contribution >= 4 is 0 Å². The second kappa shape index (κ2) is 7.00. The number of hydrogen-bond acceptors (Lipinski definition) is 4. The van der Waals surface area contributed by atoms with E-state index in [4.69, 9.17) is 0 Å². The summed E-state index contributed by atoms with van der Waals surface area (Å²) >= 11 is 0. The fraction of sp³-hybridized carbons (Fsp3) is 0.611. The zero-order valence-electron chi connectivity index (χ0n) is 15.5. The van der Waals surface area contributed by atoms with Gasteiger partial charge in [0.05, 0.1) is 12.2 Å². The van der Waals surface area contributed by atoms with Crippen LogP contribution in [0.25, 0.3) is 0 Å². The molecule has 1 fully saturated rings. The van der Waals surface area contributed by atoms with Gasteiger partial charge in [0.15, 0.2) is 0 Å². The number of aromatic nitrogens is 4. The molecule has 3 rings (SSSR count). The predicted molar refractivity (Wildman–Crippen MR) is 96.7 cm³/mol. The Morgan fingerprint density at radius 1 is 1.12 bits per heavy atom. The van der Waals surface area contributed by atoms with Crippen molar-refractivity contribution < 1.29 is 0 Å². The summed E-state index contributed by atoms with van der Waals surface area (Å²) < 4.78 is 4.80. The van der Waals surface area contributed by atoms with Crippen LogP contribution in [-0.4, -0.2) is 36.4 Å². The number of aryl methyl sites for hydroxylation is 2. The highest BCUT2D eigenvalue weighted by Crippen LogP contribution is 2.21. The molecule has 7 nitrogen and oxygen atoms in total. The lowest BCUT2D eigenvalue weighted by atomic mass is 10.0. The predicted octanol–water partition coefficient (Wildman–Crippen LogP) is 0.952. The number of hydrogen-bond donors (Lipinski definition) is 0. The van der Waals surface area contributed by atoms with E-state index in [1.165, 1.54) is 19.2 Å². The Kier molecular flexibility index (Phi) is 4.94. The molecule has 0 aromatic carbocycles. The van der Waals surface area contributed by atoms with E-state index >= 15 is 0 Å². The third-order valence-electron chi connectivity index (χ3n) is 5.23. The van der Waals surface area contributed by atoms with Crippen LogP contribution in [0.1, 0.15) is 36.3 Å². The average Bonchev–Trinajstić information content (AvgIpc) is 2.89. The number of nitrogens with zero attached hydrogens (tertiary/aromatic N) is 5. The van der Waals surface area contributed by atoms with Crippen LogP contribution in [-0.2, 0) is 27.2 Å². The second-order valence-corrected chi connectivity index (χ2v) is 7.10. The number of likely N-dealkylation sites (tertiary alicyclic amines) is 1. The zero-order valence-corrected chi connectivity index (χ0v) is 15.5. The van der Waals surface area contributed by atoms with E-state index in [1.807, 2.05) is 6.92 Å². The van der Waals surface area contributed by atoms with Gasteiger partial charge in [-0.15, -0.1) is 0 Å². The van der Waals surface area contributed by atoms with Crippen molar-refractivity contribution in [3.63, 3.8) is 0 Å². The Labute approximate surface area is 147 Å². The molecule has 0 bridgehead atoms. The Bertz CT molecular complexity index is 877. The van der Waals surface area contributed by atoms with Crippen LogP contribution in [0.5, 0.6) is 0 Å². The molecule has 1 aliphatic heterocycles. The molecule has 1 saturated heterocycles. The van der Waals surface area contributed by atoms with Gasteiger partial charge in [-0.2, -0.15) is 5.10 Å². The summed E-state index contributed by atoms with van der Waals surface area (Å²) in [4.78, 5) is 26.5. The van der Waals surface area contributed by atoms with E-state index in [-0.39, 0.29) is 11.2 Å². The van der Waals surface area contributed by atoms with Crippen LogP contribution in [0.2, 0.25) is 0 Å². The molecule has 0 aliphatic carbocycles. The Morgan fingerprint density at radius 2 is 1.88 bits per heavy atom. The minimum absolute atomic E-state index is 0.245. The first-order valence-electron chi connectivity index (χ1n) is 8.88. The summed E-state index contributed by atoms with van der Waals surface area (Å²) in [5.41, 5.74) is 2.46. The molecule has 7 heteroatoms. The van der Waals surface area contributed by atoms with Gasteiger partial charge in [0.25, 0.3) is 5.56 Å². The van der Waals surface area contributed by atoms with E-state index in [0.717, 1.165) is 41.9 Å². The molecular formula is C18H27N5O2. The van der Waals surface area contributed by atoms with E-state index < -0.39 is 0 Å². The first-order chi connectivity index (χ1) is 11.9. The van der Waals surface area contributed by atoms with Crippen LogP contribution in [0.3, 0.4) is 0 Å². The van der Waals surface area contributed by atoms with Gasteiger partial charge in [0.2, 0.25) is 0 Å². The minimum atomic E-state index is -0.269. The minimum Gasteiger partial charge on any atom is -0.299 e. The van der Waals surface area contributed by atoms with E-state index in [9.17, 15) is 9.59 Å². The summed E-state index contributed by atoms with van der Waals surface area (Å²) in [6.45, 7) is 6.53. The van der Waals surface area contributed by atoms with E-state index in [2.05, 4.69) is 27.7 Å². The molecule has 2 aromatic rings. The Balaban J connectivity index is 1.84. The van der Waals surface area contributed by atoms with Crippen molar-refractivity contribution in [2.24, 2.45) is 14.1 Å². The van der Waals surface area contributed by atoms with Gasteiger partial charge < -0.3 is 0 Å². The van der Waals surface area contributed by atoms with Gasteiger partial charge in [0.1, 0.15) is 0 Å². The van der Waals surface area contributed by atoms with Gasteiger partial charge in [-0.05, 0) is 39.3 Å². The number of piperidine rings is 1. The Morgan fingerprint density at radius 3 is 2.56 bits per heavy atom. The van der Waals surface area contributed by atoms with E-state index in [0.29, 0.717) is 12.6 Å². The molecule has 0 N–H and O–H groups in total. The monoisotopic (exact) mass is 345 g/mol. The molecule has 0 radical (unpaired) electrons. The summed E-state index contributed by atoms with van der Waals surface area (Å²) in [5, 5.41) is 4.58. The van der Waals surface area contributed by atoms with Crippen molar-refractivity contribution in [2.45, 2.75) is 52.2 Å². The summed E-state index contributed by atoms with van der Waals surface area (Å²) in [6, 6.07) is 4.04. The summed E-state index contributed by atoms with van der Waals surface area (Å²) in [6.07, 6.45) is 3.46. The van der Waals surface area contributed by atoms with Gasteiger partial charge in [-0.25, -0.2) is 4.79 Å². The second-order valence-electron chi connectivity index (χ2n) is 7.10. The van der Waals surface area contributed by atoms with Crippen LogP contribution in [0.4, 0.5) is 0 Å². The highest BCUT2D eigenvalue weighted by Gasteiger charge is 2.24. The normalized spacial score (nSPS) is 18.6. The molecule has 3 heterocycles. The maximum absolute atomic E-state index is 12.2. The van der Waals surface area contributed by atoms with Crippen LogP contribution in [0, 0.1) is 13.8 Å². The largest absolute Gasteiger partial charge is 0.330 e. The van der Waals surface area contributed by atoms with Gasteiger partial charge in [-0.3, -0.25) is 23.5 Å². The standard InChI is InChI=1S/C18H27N5O2/c1-13-9-14(2)23(19-13)12-15-7-5-6-8-22(15)11-16-10-17(24)21(4)18(25)20(16)3/h9-10,15H,5-8,11-12H2,1-4H3/t15-/m0/s1. The van der Waals surface area contributed by atoms with Crippen molar-refractivity contribution in [2.75, 3.05) is 6.54 Å². The van der Waals surface area contributed by atoms with Gasteiger partial charge >= 0.3 is 5.69 Å². The SMILES string of the molecule is Cc1cc(C)n(C[C@@H]2CCCCN2Cc2cc(=O)n(C)c(=O)n2C)n1. The highest BCUT2D eigenvalue weighted by molar-refractivity contribution is 5.07. The average molecular weight is 345 g/mol. The molecule has 1 aliphatic rings. The topological polar surface area (TPSA) is 65.1 Å². The highest BCUT2D eigenvalue weighted by atomic mass is 16.2. The third-order valence-corrected chi connectivity index (χ3v) is 5.23. The first-order valence-corrected chi connectivity index (χ1v) is 8.88. The van der Waals surface area contributed by atoms with Crippen molar-refractivity contribution in [1.82, 2.24) is 23.8 Å². The molecule has 25 heavy (non-hydrogen) atoms. The molecule has 136 valence electrons. The molecule has 0 amide bonds. The molecular weight excluding hydrogens is 318 g/mol. The quantitative estimate of drug-likeness (QED) is 0.828. The summed E-state index contributed by atoms with van der Waals surface area (Å²) in [5.74, 6) is 0. The maximum atomic E-state index is 12.2. The van der Waals surface area contributed by atoms with Crippen molar-refractivity contribution in [3.05, 3.63) is 50.1 Å². The fourth-order valence-corrected chi connectivity index (χ4v) is 3.67. The summed E-state index contributed by atoms with van der Waals surface area (Å²) in [7, 11) is 3.25. The third kappa shape index (κ3) is 3.61. The molecule has 0 spiro atoms. The zero-order chi connectivity index (χ0) is 18.1. The van der Waals surface area contributed by atoms with Crippen LogP contribution < -0.4 is 11.2 Å². The molecule has 0 unspecified atom stereocenters. The molecule has 0 saturated carbocycles. The fourth-order valence-electron chi connectivity index (χ4n) is 3.67. The van der Waals surface area contributed by atoms with Gasteiger partial charge in [-0.1, -0.05) is 6.42 Å². The lowest BCUT2D eigenvalue weighted by Gasteiger charge is -2.36. The molecule has 2 aromatic heterocycles. The van der Waals surface area contributed by atoms with Crippen molar-refractivity contribution in [3.8, 4) is 0 Å². The lowest BCUT2D eigenvalue weighted by molar-refractivity contribution is 0.118. The van der Waals surface area contributed by atoms with Crippen LogP contribution >= 0.6 is 0 Å². The van der Waals surface area contributed by atoms with Crippen molar-refractivity contribution in [1.29, 1.82) is 0 Å².